The molecule has 4 nitrogen and oxygen atoms in total. The number of benzene rings is 1. The Hall–Kier alpha value is -1.20. The third kappa shape index (κ3) is 4.21. The molecule has 2 heterocycles. The van der Waals surface area contributed by atoms with Gasteiger partial charge in [0, 0.05) is 30.3 Å². The number of carbonyl (C=O) groups excluding carboxylic acids is 1. The zero-order valence-electron chi connectivity index (χ0n) is 13.7. The summed E-state index contributed by atoms with van der Waals surface area (Å²) in [7, 11) is -0.982. The number of hydrogen-bond acceptors (Lipinski definition) is 3. The third-order valence-electron chi connectivity index (χ3n) is 4.89. The maximum absolute atomic E-state index is 12.7. The van der Waals surface area contributed by atoms with Crippen molar-refractivity contribution in [2.45, 2.75) is 43.0 Å². The van der Waals surface area contributed by atoms with Gasteiger partial charge < -0.3 is 4.90 Å². The van der Waals surface area contributed by atoms with Crippen molar-refractivity contribution in [3.63, 3.8) is 0 Å². The Morgan fingerprint density at radius 2 is 1.74 bits per heavy atom. The van der Waals surface area contributed by atoms with Crippen LogP contribution in [-0.4, -0.2) is 57.9 Å². The van der Waals surface area contributed by atoms with Crippen molar-refractivity contribution in [2.75, 3.05) is 31.9 Å². The third-order valence-corrected chi connectivity index (χ3v) is 6.24. The van der Waals surface area contributed by atoms with Crippen LogP contribution in [0.2, 0.25) is 0 Å². The van der Waals surface area contributed by atoms with Crippen LogP contribution in [-0.2, 0) is 15.6 Å². The van der Waals surface area contributed by atoms with Crippen LogP contribution in [0.15, 0.2) is 35.2 Å². The standard InChI is InChI=1S/C18H26N2O2S/c21-18(20-12-6-7-13-20)17-10-4-5-11-19(17)14-15-23(22)16-8-2-1-3-9-16/h1-3,8-9,17H,4-7,10-15H2/t17-,23+/m0/s1. The predicted octanol–water partition coefficient (Wildman–Crippen LogP) is 2.27. The highest BCUT2D eigenvalue weighted by Crippen LogP contribution is 2.21. The lowest BCUT2D eigenvalue weighted by molar-refractivity contribution is -0.137. The number of hydrogen-bond donors (Lipinski definition) is 0. The van der Waals surface area contributed by atoms with Gasteiger partial charge in [0.25, 0.3) is 0 Å². The van der Waals surface area contributed by atoms with E-state index in [4.69, 9.17) is 0 Å². The molecule has 3 rings (SSSR count). The Morgan fingerprint density at radius 1 is 1.04 bits per heavy atom. The molecule has 0 aromatic heterocycles. The molecule has 126 valence electrons. The second-order valence-electron chi connectivity index (χ2n) is 6.44. The molecule has 2 atom stereocenters. The van der Waals surface area contributed by atoms with Crippen molar-refractivity contribution in [3.05, 3.63) is 30.3 Å². The van der Waals surface area contributed by atoms with Crippen molar-refractivity contribution in [3.8, 4) is 0 Å². The van der Waals surface area contributed by atoms with Crippen molar-refractivity contribution in [1.29, 1.82) is 0 Å². The smallest absolute Gasteiger partial charge is 0.239 e. The van der Waals surface area contributed by atoms with Gasteiger partial charge in [0.1, 0.15) is 0 Å². The van der Waals surface area contributed by atoms with E-state index in [2.05, 4.69) is 4.90 Å². The van der Waals surface area contributed by atoms with Crippen molar-refractivity contribution >= 4 is 16.7 Å². The molecule has 0 spiro atoms. The molecular weight excluding hydrogens is 308 g/mol. The summed E-state index contributed by atoms with van der Waals surface area (Å²) in [6.07, 6.45) is 5.49. The van der Waals surface area contributed by atoms with Gasteiger partial charge in [-0.2, -0.15) is 0 Å². The lowest BCUT2D eigenvalue weighted by Gasteiger charge is -2.36. The van der Waals surface area contributed by atoms with E-state index >= 15 is 0 Å². The molecule has 23 heavy (non-hydrogen) atoms. The number of amides is 1. The van der Waals surface area contributed by atoms with Gasteiger partial charge in [0.05, 0.1) is 16.8 Å². The molecular formula is C18H26N2O2S. The number of rotatable bonds is 5. The normalized spacial score (nSPS) is 23.8. The van der Waals surface area contributed by atoms with E-state index < -0.39 is 10.8 Å². The van der Waals surface area contributed by atoms with Crippen LogP contribution >= 0.6 is 0 Å². The zero-order chi connectivity index (χ0) is 16.1. The van der Waals surface area contributed by atoms with Crippen LogP contribution in [0.3, 0.4) is 0 Å². The molecule has 2 fully saturated rings. The Morgan fingerprint density at radius 3 is 2.48 bits per heavy atom. The Kier molecular flexibility index (Phi) is 5.84. The monoisotopic (exact) mass is 334 g/mol. The minimum Gasteiger partial charge on any atom is -0.341 e. The SMILES string of the molecule is O=C([C@@H]1CCCCN1CC[S@@](=O)c1ccccc1)N1CCCC1. The maximum Gasteiger partial charge on any atom is 0.239 e. The minimum absolute atomic E-state index is 0.00891. The number of nitrogens with zero attached hydrogens (tertiary/aromatic N) is 2. The van der Waals surface area contributed by atoms with E-state index in [-0.39, 0.29) is 6.04 Å². The highest BCUT2D eigenvalue weighted by atomic mass is 32.2. The van der Waals surface area contributed by atoms with Gasteiger partial charge in [-0.15, -0.1) is 0 Å². The van der Waals surface area contributed by atoms with Gasteiger partial charge >= 0.3 is 0 Å². The first-order valence-electron chi connectivity index (χ1n) is 8.72. The average molecular weight is 334 g/mol. The molecule has 0 bridgehead atoms. The molecule has 1 aromatic carbocycles. The lowest BCUT2D eigenvalue weighted by Crippen LogP contribution is -2.51. The highest BCUT2D eigenvalue weighted by Gasteiger charge is 2.32. The summed E-state index contributed by atoms with van der Waals surface area (Å²) in [6.45, 7) is 3.53. The topological polar surface area (TPSA) is 40.6 Å². The fourth-order valence-corrected chi connectivity index (χ4v) is 4.67. The molecule has 0 saturated carbocycles. The second-order valence-corrected chi connectivity index (χ2v) is 8.01. The van der Waals surface area contributed by atoms with Gasteiger partial charge in [-0.25, -0.2) is 0 Å². The van der Waals surface area contributed by atoms with E-state index in [0.717, 1.165) is 63.2 Å². The summed E-state index contributed by atoms with van der Waals surface area (Å²) < 4.78 is 12.4. The molecule has 0 aliphatic carbocycles. The zero-order valence-corrected chi connectivity index (χ0v) is 14.5. The van der Waals surface area contributed by atoms with Crippen molar-refractivity contribution in [2.24, 2.45) is 0 Å². The fraction of sp³-hybridized carbons (Fsp3) is 0.611. The van der Waals surface area contributed by atoms with Crippen LogP contribution in [0.5, 0.6) is 0 Å². The van der Waals surface area contributed by atoms with E-state index in [9.17, 15) is 9.00 Å². The summed E-state index contributed by atoms with van der Waals surface area (Å²) in [6, 6.07) is 9.63. The van der Waals surface area contributed by atoms with Gasteiger partial charge in [-0.3, -0.25) is 13.9 Å². The number of piperidine rings is 1. The molecule has 5 heteroatoms. The molecule has 0 unspecified atom stereocenters. The molecule has 0 N–H and O–H groups in total. The molecule has 1 amide bonds. The van der Waals surface area contributed by atoms with Gasteiger partial charge in [-0.1, -0.05) is 24.6 Å². The second kappa shape index (κ2) is 8.06. The Bertz CT molecular complexity index is 543. The first-order chi connectivity index (χ1) is 11.3. The summed E-state index contributed by atoms with van der Waals surface area (Å²) in [5.41, 5.74) is 0. The van der Waals surface area contributed by atoms with Crippen molar-refractivity contribution in [1.82, 2.24) is 9.80 Å². The Labute approximate surface area is 141 Å². The first-order valence-corrected chi connectivity index (χ1v) is 10.0. The van der Waals surface area contributed by atoms with Gasteiger partial charge in [0.15, 0.2) is 0 Å². The molecule has 2 aliphatic heterocycles. The molecule has 1 aromatic rings. The van der Waals surface area contributed by atoms with E-state index in [0.29, 0.717) is 11.7 Å². The van der Waals surface area contributed by atoms with Crippen molar-refractivity contribution < 1.29 is 9.00 Å². The van der Waals surface area contributed by atoms with E-state index in [1.165, 1.54) is 0 Å². The summed E-state index contributed by atoms with van der Waals surface area (Å²) in [5.74, 6) is 0.904. The van der Waals surface area contributed by atoms with Gasteiger partial charge in [0.2, 0.25) is 5.91 Å². The number of carbonyl (C=O) groups is 1. The highest BCUT2D eigenvalue weighted by molar-refractivity contribution is 7.85. The quantitative estimate of drug-likeness (QED) is 0.829. The summed E-state index contributed by atoms with van der Waals surface area (Å²) in [4.78, 5) is 17.9. The first kappa shape index (κ1) is 16.7. The van der Waals surface area contributed by atoms with E-state index in [1.54, 1.807) is 0 Å². The van der Waals surface area contributed by atoms with Crippen LogP contribution in [0.25, 0.3) is 0 Å². The van der Waals surface area contributed by atoms with Crippen LogP contribution < -0.4 is 0 Å². The lowest BCUT2D eigenvalue weighted by atomic mass is 10.0. The predicted molar refractivity (Wildman–Crippen MR) is 92.7 cm³/mol. The van der Waals surface area contributed by atoms with Crippen LogP contribution in [0.4, 0.5) is 0 Å². The summed E-state index contributed by atoms with van der Waals surface area (Å²) >= 11 is 0. The Balaban J connectivity index is 1.58. The largest absolute Gasteiger partial charge is 0.341 e. The summed E-state index contributed by atoms with van der Waals surface area (Å²) in [5, 5.41) is 0. The molecule has 0 radical (unpaired) electrons. The number of likely N-dealkylation sites (tertiary alicyclic amines) is 2. The van der Waals surface area contributed by atoms with Gasteiger partial charge in [-0.05, 0) is 44.4 Å². The van der Waals surface area contributed by atoms with Crippen LogP contribution in [0.1, 0.15) is 32.1 Å². The van der Waals surface area contributed by atoms with Crippen LogP contribution in [0, 0.1) is 0 Å². The minimum atomic E-state index is -0.982. The molecule has 2 saturated heterocycles. The average Bonchev–Trinajstić information content (AvgIpc) is 3.15. The molecule has 2 aliphatic rings. The van der Waals surface area contributed by atoms with E-state index in [1.807, 2.05) is 35.2 Å². The maximum atomic E-state index is 12.7. The fourth-order valence-electron chi connectivity index (χ4n) is 3.58.